The van der Waals surface area contributed by atoms with Gasteiger partial charge in [-0.15, -0.1) is 6.42 Å². The molecular formula is C20H24N2O3. The molecule has 0 heterocycles. The van der Waals surface area contributed by atoms with Crippen molar-refractivity contribution < 1.29 is 14.3 Å². The van der Waals surface area contributed by atoms with E-state index < -0.39 is 0 Å². The van der Waals surface area contributed by atoms with Crippen LogP contribution in [0.3, 0.4) is 0 Å². The lowest BCUT2D eigenvalue weighted by atomic mass is 9.85. The molecule has 2 N–H and O–H groups in total. The fraction of sp³-hybridized carbons (Fsp3) is 0.500. The molecule has 0 spiro atoms. The zero-order valence-electron chi connectivity index (χ0n) is 14.3. The van der Waals surface area contributed by atoms with Crippen molar-refractivity contribution in [2.24, 2.45) is 5.92 Å². The van der Waals surface area contributed by atoms with Gasteiger partial charge in [-0.3, -0.25) is 9.59 Å². The standard InChI is InChI=1S/C20H24N2O3/c1-2-12-25-18-10-6-14(7-11-18)19(23)22-17-5-3-4-15(13-17)20(24)21-16-8-9-16/h1,6-7,10-11,15-17H,3-5,8-9,12-13H2,(H,21,24)(H,22,23). The first-order valence-electron chi connectivity index (χ1n) is 8.93. The lowest BCUT2D eigenvalue weighted by Crippen LogP contribution is -2.42. The third-order valence-corrected chi connectivity index (χ3v) is 4.74. The van der Waals surface area contributed by atoms with Gasteiger partial charge in [0, 0.05) is 23.6 Å². The van der Waals surface area contributed by atoms with Crippen molar-refractivity contribution in [3.63, 3.8) is 0 Å². The minimum absolute atomic E-state index is 0.0131. The Labute approximate surface area is 148 Å². The normalized spacial score (nSPS) is 22.5. The van der Waals surface area contributed by atoms with Crippen LogP contribution in [-0.2, 0) is 4.79 Å². The van der Waals surface area contributed by atoms with Gasteiger partial charge >= 0.3 is 0 Å². The highest BCUT2D eigenvalue weighted by molar-refractivity contribution is 5.94. The smallest absolute Gasteiger partial charge is 0.251 e. The van der Waals surface area contributed by atoms with E-state index in [-0.39, 0.29) is 30.4 Å². The third-order valence-electron chi connectivity index (χ3n) is 4.74. The van der Waals surface area contributed by atoms with Gasteiger partial charge in [0.2, 0.25) is 5.91 Å². The molecule has 2 atom stereocenters. The number of nitrogens with one attached hydrogen (secondary N) is 2. The summed E-state index contributed by atoms with van der Waals surface area (Å²) in [5, 5.41) is 6.13. The van der Waals surface area contributed by atoms with Crippen LogP contribution in [0.4, 0.5) is 0 Å². The predicted molar refractivity (Wildman–Crippen MR) is 95.1 cm³/mol. The maximum absolute atomic E-state index is 12.4. The van der Waals surface area contributed by atoms with Crippen LogP contribution in [0.5, 0.6) is 5.75 Å². The topological polar surface area (TPSA) is 67.4 Å². The summed E-state index contributed by atoms with van der Waals surface area (Å²) in [5.74, 6) is 3.09. The van der Waals surface area contributed by atoms with Crippen molar-refractivity contribution in [1.29, 1.82) is 0 Å². The molecule has 2 aliphatic carbocycles. The van der Waals surface area contributed by atoms with Crippen molar-refractivity contribution in [3.8, 4) is 18.1 Å². The highest BCUT2D eigenvalue weighted by Crippen LogP contribution is 2.27. The minimum atomic E-state index is -0.114. The number of hydrogen-bond donors (Lipinski definition) is 2. The first-order valence-corrected chi connectivity index (χ1v) is 8.93. The summed E-state index contributed by atoms with van der Waals surface area (Å²) in [7, 11) is 0. The molecule has 0 saturated heterocycles. The van der Waals surface area contributed by atoms with Gasteiger partial charge in [-0.2, -0.15) is 0 Å². The van der Waals surface area contributed by atoms with E-state index in [1.165, 1.54) is 0 Å². The SMILES string of the molecule is C#CCOc1ccc(C(=O)NC2CCCC(C(=O)NC3CC3)C2)cc1. The second-order valence-corrected chi connectivity index (χ2v) is 6.83. The van der Waals surface area contributed by atoms with Gasteiger partial charge in [0.1, 0.15) is 12.4 Å². The van der Waals surface area contributed by atoms with E-state index in [2.05, 4.69) is 16.6 Å². The maximum Gasteiger partial charge on any atom is 0.251 e. The van der Waals surface area contributed by atoms with E-state index in [1.54, 1.807) is 24.3 Å². The van der Waals surface area contributed by atoms with Crippen LogP contribution < -0.4 is 15.4 Å². The largest absolute Gasteiger partial charge is 0.481 e. The predicted octanol–water partition coefficient (Wildman–Crippen LogP) is 2.27. The number of carbonyl (C=O) groups is 2. The molecular weight excluding hydrogens is 316 g/mol. The fourth-order valence-electron chi connectivity index (χ4n) is 3.20. The van der Waals surface area contributed by atoms with Gasteiger partial charge in [-0.05, 0) is 56.4 Å². The van der Waals surface area contributed by atoms with Crippen molar-refractivity contribution >= 4 is 11.8 Å². The zero-order valence-corrected chi connectivity index (χ0v) is 14.3. The molecule has 132 valence electrons. The molecule has 1 aromatic rings. The molecule has 2 aliphatic rings. The number of ether oxygens (including phenoxy) is 1. The second-order valence-electron chi connectivity index (χ2n) is 6.83. The molecule has 1 aromatic carbocycles. The van der Waals surface area contributed by atoms with Crippen LogP contribution in [0.2, 0.25) is 0 Å². The van der Waals surface area contributed by atoms with Gasteiger partial charge in [-0.1, -0.05) is 12.3 Å². The Morgan fingerprint density at radius 3 is 2.52 bits per heavy atom. The van der Waals surface area contributed by atoms with Crippen LogP contribution in [-0.4, -0.2) is 30.5 Å². The van der Waals surface area contributed by atoms with E-state index >= 15 is 0 Å². The number of benzene rings is 1. The van der Waals surface area contributed by atoms with E-state index in [0.29, 0.717) is 23.8 Å². The monoisotopic (exact) mass is 340 g/mol. The summed E-state index contributed by atoms with van der Waals surface area (Å²) in [6.07, 6.45) is 10.9. The Hall–Kier alpha value is -2.48. The average Bonchev–Trinajstić information content (AvgIpc) is 3.44. The summed E-state index contributed by atoms with van der Waals surface area (Å²) < 4.78 is 5.30. The van der Waals surface area contributed by atoms with Gasteiger partial charge in [0.25, 0.3) is 5.91 Å². The molecule has 2 unspecified atom stereocenters. The lowest BCUT2D eigenvalue weighted by Gasteiger charge is -2.29. The highest BCUT2D eigenvalue weighted by Gasteiger charge is 2.31. The molecule has 0 aliphatic heterocycles. The maximum atomic E-state index is 12.4. The Morgan fingerprint density at radius 2 is 1.84 bits per heavy atom. The summed E-state index contributed by atoms with van der Waals surface area (Å²) >= 11 is 0. The molecule has 0 radical (unpaired) electrons. The Bertz CT molecular complexity index is 659. The number of amides is 2. The number of hydrogen-bond acceptors (Lipinski definition) is 3. The molecule has 2 fully saturated rings. The van der Waals surface area contributed by atoms with Crippen LogP contribution >= 0.6 is 0 Å². The second kappa shape index (κ2) is 8.06. The van der Waals surface area contributed by atoms with Crippen molar-refractivity contribution in [1.82, 2.24) is 10.6 Å². The Morgan fingerprint density at radius 1 is 1.08 bits per heavy atom. The first kappa shape index (κ1) is 17.3. The number of carbonyl (C=O) groups excluding carboxylic acids is 2. The number of terminal acetylenes is 1. The van der Waals surface area contributed by atoms with Gasteiger partial charge in [-0.25, -0.2) is 0 Å². The molecule has 0 bridgehead atoms. The lowest BCUT2D eigenvalue weighted by molar-refractivity contribution is -0.126. The third kappa shape index (κ3) is 4.99. The van der Waals surface area contributed by atoms with Crippen LogP contribution in [0.15, 0.2) is 24.3 Å². The molecule has 2 amide bonds. The Balaban J connectivity index is 1.51. The van der Waals surface area contributed by atoms with E-state index in [1.807, 2.05) is 0 Å². The fourth-order valence-corrected chi connectivity index (χ4v) is 3.20. The van der Waals surface area contributed by atoms with Crippen molar-refractivity contribution in [2.75, 3.05) is 6.61 Å². The van der Waals surface area contributed by atoms with Gasteiger partial charge < -0.3 is 15.4 Å². The van der Waals surface area contributed by atoms with Gasteiger partial charge in [0.05, 0.1) is 0 Å². The molecule has 5 heteroatoms. The summed E-state index contributed by atoms with van der Waals surface area (Å²) in [6, 6.07) is 7.35. The van der Waals surface area contributed by atoms with E-state index in [0.717, 1.165) is 32.1 Å². The van der Waals surface area contributed by atoms with E-state index in [9.17, 15) is 9.59 Å². The van der Waals surface area contributed by atoms with Crippen LogP contribution in [0.1, 0.15) is 48.9 Å². The van der Waals surface area contributed by atoms with Crippen molar-refractivity contribution in [3.05, 3.63) is 29.8 Å². The molecule has 0 aromatic heterocycles. The molecule has 25 heavy (non-hydrogen) atoms. The number of rotatable bonds is 6. The van der Waals surface area contributed by atoms with Gasteiger partial charge in [0.15, 0.2) is 0 Å². The summed E-state index contributed by atoms with van der Waals surface area (Å²) in [5.41, 5.74) is 0.581. The molecule has 3 rings (SSSR count). The quantitative estimate of drug-likeness (QED) is 0.781. The summed E-state index contributed by atoms with van der Waals surface area (Å²) in [4.78, 5) is 24.6. The van der Waals surface area contributed by atoms with Crippen LogP contribution in [0.25, 0.3) is 0 Å². The highest BCUT2D eigenvalue weighted by atomic mass is 16.5. The van der Waals surface area contributed by atoms with Crippen molar-refractivity contribution in [2.45, 2.75) is 50.6 Å². The first-order chi connectivity index (χ1) is 12.2. The Kier molecular flexibility index (Phi) is 5.60. The van der Waals surface area contributed by atoms with Crippen LogP contribution in [0, 0.1) is 18.3 Å². The zero-order chi connectivity index (χ0) is 17.6. The summed E-state index contributed by atoms with van der Waals surface area (Å²) in [6.45, 7) is 0.206. The van der Waals surface area contributed by atoms with E-state index in [4.69, 9.17) is 11.2 Å². The average molecular weight is 340 g/mol. The molecule has 5 nitrogen and oxygen atoms in total. The minimum Gasteiger partial charge on any atom is -0.481 e. The molecule has 2 saturated carbocycles.